The van der Waals surface area contributed by atoms with Gasteiger partial charge in [-0.3, -0.25) is 9.59 Å². The summed E-state index contributed by atoms with van der Waals surface area (Å²) in [6, 6.07) is 34.0. The summed E-state index contributed by atoms with van der Waals surface area (Å²) in [6.07, 6.45) is 0.556. The number of carbonyl (C=O) groups is 2. The molecule has 4 aromatic carbocycles. The molecule has 0 spiro atoms. The number of nitrogens with one attached hydrogen (secondary N) is 2. The maximum atomic E-state index is 13.4. The van der Waals surface area contributed by atoms with Crippen LogP contribution in [-0.4, -0.2) is 49.1 Å². The lowest BCUT2D eigenvalue weighted by atomic mass is 10.0. The molecule has 0 aliphatic carbocycles. The Morgan fingerprint density at radius 2 is 0.978 bits per heavy atom. The molecule has 0 radical (unpaired) electrons. The summed E-state index contributed by atoms with van der Waals surface area (Å²) in [6.45, 7) is 0.781. The minimum Gasteiger partial charge on any atom is -0.497 e. The van der Waals surface area contributed by atoms with Crippen LogP contribution in [0, 0.1) is 0 Å². The average molecular weight is 597 g/mol. The number of ether oxygens (including phenoxy) is 2. The molecule has 45 heavy (non-hydrogen) atoms. The van der Waals surface area contributed by atoms with Crippen molar-refractivity contribution in [1.82, 2.24) is 20.6 Å². The van der Waals surface area contributed by atoms with Crippen molar-refractivity contribution in [2.45, 2.75) is 6.42 Å². The van der Waals surface area contributed by atoms with Crippen LogP contribution >= 0.6 is 0 Å². The molecule has 224 valence electrons. The van der Waals surface area contributed by atoms with Crippen molar-refractivity contribution in [3.05, 3.63) is 120 Å². The zero-order chi connectivity index (χ0) is 31.2. The first-order valence-corrected chi connectivity index (χ1v) is 14.7. The third kappa shape index (κ3) is 6.45. The van der Waals surface area contributed by atoms with Crippen LogP contribution < -0.4 is 20.1 Å². The van der Waals surface area contributed by atoms with Crippen molar-refractivity contribution in [2.24, 2.45) is 0 Å². The van der Waals surface area contributed by atoms with Crippen molar-refractivity contribution in [3.63, 3.8) is 0 Å². The second kappa shape index (κ2) is 13.3. The minimum atomic E-state index is -0.195. The van der Waals surface area contributed by atoms with Crippen LogP contribution in [0.1, 0.15) is 27.1 Å². The molecule has 2 N–H and O–H groups in total. The molecule has 2 amide bonds. The van der Waals surface area contributed by atoms with Crippen LogP contribution in [0.5, 0.6) is 11.5 Å². The Morgan fingerprint density at radius 1 is 0.578 bits per heavy atom. The van der Waals surface area contributed by atoms with E-state index in [2.05, 4.69) is 10.6 Å². The molecular formula is C37H32N4O4. The lowest BCUT2D eigenvalue weighted by Crippen LogP contribution is -2.30. The molecule has 6 rings (SSSR count). The van der Waals surface area contributed by atoms with Gasteiger partial charge >= 0.3 is 0 Å². The van der Waals surface area contributed by atoms with E-state index in [0.717, 1.165) is 44.4 Å². The maximum Gasteiger partial charge on any atom is 0.252 e. The first-order chi connectivity index (χ1) is 22.0. The van der Waals surface area contributed by atoms with E-state index in [1.807, 2.05) is 109 Å². The van der Waals surface area contributed by atoms with E-state index in [-0.39, 0.29) is 11.8 Å². The van der Waals surface area contributed by atoms with Gasteiger partial charge in [-0.1, -0.05) is 36.4 Å². The number of aromatic nitrogens is 2. The van der Waals surface area contributed by atoms with E-state index in [0.29, 0.717) is 42.0 Å². The Morgan fingerprint density at radius 3 is 1.38 bits per heavy atom. The molecule has 6 aromatic rings. The fourth-order valence-electron chi connectivity index (χ4n) is 5.23. The number of hydrogen-bond donors (Lipinski definition) is 2. The fraction of sp³-hybridized carbons (Fsp3) is 0.135. The Bertz CT molecular complexity index is 1840. The average Bonchev–Trinajstić information content (AvgIpc) is 3.10. The number of methoxy groups -OCH3 is 2. The number of hydrogen-bond acceptors (Lipinski definition) is 6. The Kier molecular flexibility index (Phi) is 8.64. The predicted molar refractivity (Wildman–Crippen MR) is 177 cm³/mol. The SMILES string of the molecule is COc1ccc(-c2cc(C(=O)NCCCNC(=O)c3cc(-c4ccc(OC)cc4)nc4ccccc34)c3ccccc3n2)cc1. The molecule has 8 heteroatoms. The first-order valence-electron chi connectivity index (χ1n) is 14.7. The smallest absolute Gasteiger partial charge is 0.252 e. The molecule has 0 unspecified atom stereocenters. The Hall–Kier alpha value is -5.76. The summed E-state index contributed by atoms with van der Waals surface area (Å²) < 4.78 is 10.5. The molecular weight excluding hydrogens is 564 g/mol. The molecule has 2 heterocycles. The van der Waals surface area contributed by atoms with Crippen LogP contribution in [-0.2, 0) is 0 Å². The summed E-state index contributed by atoms with van der Waals surface area (Å²) >= 11 is 0. The summed E-state index contributed by atoms with van der Waals surface area (Å²) in [5, 5.41) is 7.58. The highest BCUT2D eigenvalue weighted by Crippen LogP contribution is 2.28. The Labute approximate surface area is 261 Å². The molecule has 0 saturated heterocycles. The number of fused-ring (bicyclic) bond motifs is 2. The molecule has 0 aliphatic heterocycles. The van der Waals surface area contributed by atoms with Crippen molar-refractivity contribution in [3.8, 4) is 34.0 Å². The van der Waals surface area contributed by atoms with Crippen LogP contribution in [0.4, 0.5) is 0 Å². The maximum absolute atomic E-state index is 13.4. The molecule has 0 atom stereocenters. The zero-order valence-corrected chi connectivity index (χ0v) is 25.0. The normalized spacial score (nSPS) is 10.9. The predicted octanol–water partition coefficient (Wildman–Crippen LogP) is 6.68. The quantitative estimate of drug-likeness (QED) is 0.171. The third-order valence-electron chi connectivity index (χ3n) is 7.62. The third-order valence-corrected chi connectivity index (χ3v) is 7.62. The number of benzene rings is 4. The standard InChI is InChI=1S/C37H32N4O4/c1-44-26-16-12-24(13-17-26)34-22-30(28-8-3-5-10-32(28)40-34)36(42)38-20-7-21-39-37(43)31-23-35(25-14-18-27(45-2)19-15-25)41-33-11-6-4-9-29(31)33/h3-6,8-19,22-23H,7,20-21H2,1-2H3,(H,38,42)(H,39,43). The zero-order valence-electron chi connectivity index (χ0n) is 25.0. The summed E-state index contributed by atoms with van der Waals surface area (Å²) in [7, 11) is 3.25. The van der Waals surface area contributed by atoms with Gasteiger partial charge in [0.1, 0.15) is 11.5 Å². The Balaban J connectivity index is 1.12. The number of para-hydroxylation sites is 2. The second-order valence-electron chi connectivity index (χ2n) is 10.5. The van der Waals surface area contributed by atoms with Gasteiger partial charge in [-0.2, -0.15) is 0 Å². The molecule has 2 aromatic heterocycles. The van der Waals surface area contributed by atoms with Crippen molar-refractivity contribution >= 4 is 33.6 Å². The summed E-state index contributed by atoms with van der Waals surface area (Å²) in [5.74, 6) is 1.11. The highest BCUT2D eigenvalue weighted by Gasteiger charge is 2.16. The van der Waals surface area contributed by atoms with Crippen LogP contribution in [0.2, 0.25) is 0 Å². The van der Waals surface area contributed by atoms with E-state index in [1.165, 1.54) is 0 Å². The van der Waals surface area contributed by atoms with Crippen LogP contribution in [0.15, 0.2) is 109 Å². The molecule has 8 nitrogen and oxygen atoms in total. The van der Waals surface area contributed by atoms with Gasteiger partial charge in [0.2, 0.25) is 0 Å². The molecule has 0 bridgehead atoms. The first kappa shape index (κ1) is 29.3. The molecule has 0 aliphatic rings. The van der Waals surface area contributed by atoms with Gasteiger partial charge < -0.3 is 20.1 Å². The van der Waals surface area contributed by atoms with Crippen molar-refractivity contribution in [2.75, 3.05) is 27.3 Å². The largest absolute Gasteiger partial charge is 0.497 e. The van der Waals surface area contributed by atoms with Gasteiger partial charge in [0, 0.05) is 35.0 Å². The topological polar surface area (TPSA) is 102 Å². The van der Waals surface area contributed by atoms with Gasteiger partial charge in [0.15, 0.2) is 0 Å². The fourth-order valence-corrected chi connectivity index (χ4v) is 5.23. The summed E-state index contributed by atoms with van der Waals surface area (Å²) in [5.41, 5.74) is 5.74. The number of nitrogens with zero attached hydrogens (tertiary/aromatic N) is 2. The van der Waals surface area contributed by atoms with E-state index < -0.39 is 0 Å². The van der Waals surface area contributed by atoms with Crippen LogP contribution in [0.3, 0.4) is 0 Å². The number of amides is 2. The lowest BCUT2D eigenvalue weighted by molar-refractivity contribution is 0.0953. The van der Waals surface area contributed by atoms with Gasteiger partial charge in [-0.25, -0.2) is 9.97 Å². The van der Waals surface area contributed by atoms with Gasteiger partial charge in [-0.05, 0) is 79.2 Å². The molecule has 0 saturated carbocycles. The van der Waals surface area contributed by atoms with Crippen molar-refractivity contribution < 1.29 is 19.1 Å². The van der Waals surface area contributed by atoms with Crippen molar-refractivity contribution in [1.29, 1.82) is 0 Å². The minimum absolute atomic E-state index is 0.195. The van der Waals surface area contributed by atoms with Gasteiger partial charge in [0.05, 0.1) is 47.8 Å². The highest BCUT2D eigenvalue weighted by molar-refractivity contribution is 6.08. The number of carbonyl (C=O) groups excluding carboxylic acids is 2. The number of pyridine rings is 2. The lowest BCUT2D eigenvalue weighted by Gasteiger charge is -2.12. The highest BCUT2D eigenvalue weighted by atomic mass is 16.5. The van der Waals surface area contributed by atoms with E-state index >= 15 is 0 Å². The van der Waals surface area contributed by atoms with Crippen LogP contribution in [0.25, 0.3) is 44.3 Å². The molecule has 0 fully saturated rings. The van der Waals surface area contributed by atoms with E-state index in [9.17, 15) is 9.59 Å². The van der Waals surface area contributed by atoms with E-state index in [1.54, 1.807) is 14.2 Å². The second-order valence-corrected chi connectivity index (χ2v) is 10.5. The summed E-state index contributed by atoms with van der Waals surface area (Å²) in [4.78, 5) is 36.3. The number of rotatable bonds is 10. The van der Waals surface area contributed by atoms with Gasteiger partial charge in [0.25, 0.3) is 11.8 Å². The monoisotopic (exact) mass is 596 g/mol. The van der Waals surface area contributed by atoms with E-state index in [4.69, 9.17) is 19.4 Å². The van der Waals surface area contributed by atoms with Gasteiger partial charge in [-0.15, -0.1) is 0 Å².